The highest BCUT2D eigenvalue weighted by Crippen LogP contribution is 2.43. The van der Waals surface area contributed by atoms with Crippen molar-refractivity contribution < 1.29 is 95.1 Å². The number of carboxylic acids is 4. The van der Waals surface area contributed by atoms with Crippen molar-refractivity contribution in [3.8, 4) is 46.0 Å². The number of rotatable bonds is 34. The number of anilines is 8. The third-order valence-corrected chi connectivity index (χ3v) is 29.0. The van der Waals surface area contributed by atoms with Gasteiger partial charge in [-0.05, 0) is 212 Å². The van der Waals surface area contributed by atoms with E-state index in [0.717, 1.165) is 114 Å². The molecule has 14 atom stereocenters. The van der Waals surface area contributed by atoms with Gasteiger partial charge in [-0.15, -0.1) is 0 Å². The molecule has 0 aliphatic carbocycles. The third-order valence-electron chi connectivity index (χ3n) is 29.0. The van der Waals surface area contributed by atoms with Crippen LogP contribution in [0.1, 0.15) is 174 Å². The fourth-order valence-corrected chi connectivity index (χ4v) is 20.4. The Kier molecular flexibility index (Phi) is 36.9. The van der Waals surface area contributed by atoms with Crippen LogP contribution in [0.15, 0.2) is 190 Å². The topological polar surface area (TPSA) is 298 Å². The van der Waals surface area contributed by atoms with Gasteiger partial charge in [0.05, 0.1) is 123 Å². The van der Waals surface area contributed by atoms with Crippen molar-refractivity contribution in [1.82, 2.24) is 0 Å². The van der Waals surface area contributed by atoms with Crippen LogP contribution in [-0.4, -0.2) is 196 Å². The molecule has 770 valence electrons. The summed E-state index contributed by atoms with van der Waals surface area (Å²) in [5.41, 5.74) is 9.41. The monoisotopic (exact) mass is 1980 g/mol. The molecule has 32 heteroatoms. The maximum Gasteiger partial charge on any atom is 0.305 e. The van der Waals surface area contributed by atoms with E-state index in [4.69, 9.17) is 37.9 Å². The first-order valence-electron chi connectivity index (χ1n) is 50.3. The second kappa shape index (κ2) is 49.2. The minimum absolute atomic E-state index is 0.00655. The van der Waals surface area contributed by atoms with Crippen LogP contribution in [0.25, 0.3) is 0 Å². The molecule has 8 heterocycles. The predicted molar refractivity (Wildman–Crippen MR) is 555 cm³/mol. The summed E-state index contributed by atoms with van der Waals surface area (Å²) in [5, 5.41) is 63.0. The Morgan fingerprint density at radius 1 is 0.357 bits per heavy atom. The first kappa shape index (κ1) is 107. The number of halogens is 4. The van der Waals surface area contributed by atoms with Crippen LogP contribution in [0.5, 0.6) is 46.0 Å². The van der Waals surface area contributed by atoms with Crippen molar-refractivity contribution in [1.29, 1.82) is 0 Å². The molecule has 0 aromatic heterocycles. The van der Waals surface area contributed by atoms with E-state index in [1.165, 1.54) is 24.3 Å². The normalized spacial score (nSPS) is 23.2. The summed E-state index contributed by atoms with van der Waals surface area (Å²) in [7, 11) is 3.17. The lowest BCUT2D eigenvalue weighted by Gasteiger charge is -2.41. The fourth-order valence-electron chi connectivity index (χ4n) is 20.4. The summed E-state index contributed by atoms with van der Waals surface area (Å²) in [4.78, 5) is 53.8. The molecule has 8 aliphatic heterocycles. The Morgan fingerprint density at radius 3 is 0.937 bits per heavy atom. The number of carbonyl (C=O) groups is 4. The number of ether oxygens (including phenoxy) is 8. The SMILES string of the molecule is CCOc1ccc(F)c(N2CCC(Oc3ccc(N4N=C(C)C(C)C4CC(=O)O)cc3)C(C(C)C)C2)c1.CCOc1ccc(F)c(N2CCC(Oc3ccc(N4N=C(C)C(C)C4CC(=O)O)cc3)C(CC)C2)c1.COc1ccc(F)c(N2CCC(Oc3ccc(N4N=C(C)C(C)C4CC(=O)O)cc3)C(CC(C)C)C2)c1.COc1ccc(F)c(N2CCC(Oc3ccc(N4N=C(C)C(C)C4CC(=O)O)cc3)CC2)c1. The number of hydrogen-bond donors (Lipinski definition) is 4. The zero-order valence-electron chi connectivity index (χ0n) is 85.4. The molecule has 8 aliphatic rings. The van der Waals surface area contributed by atoms with Crippen molar-refractivity contribution in [3.05, 3.63) is 193 Å². The zero-order chi connectivity index (χ0) is 103. The van der Waals surface area contributed by atoms with Gasteiger partial charge in [-0.3, -0.25) is 39.2 Å². The highest BCUT2D eigenvalue weighted by molar-refractivity contribution is 5.92. The van der Waals surface area contributed by atoms with Gasteiger partial charge in [-0.2, -0.15) is 20.4 Å². The lowest BCUT2D eigenvalue weighted by Crippen LogP contribution is -2.48. The Balaban J connectivity index is 0.000000160. The number of nitrogens with zero attached hydrogens (tertiary/aromatic N) is 12. The van der Waals surface area contributed by atoms with Crippen LogP contribution >= 0.6 is 0 Å². The minimum Gasteiger partial charge on any atom is -0.497 e. The maximum atomic E-state index is 14.7. The van der Waals surface area contributed by atoms with Gasteiger partial charge in [0.25, 0.3) is 0 Å². The van der Waals surface area contributed by atoms with Crippen molar-refractivity contribution in [2.24, 2.45) is 73.7 Å². The van der Waals surface area contributed by atoms with E-state index in [9.17, 15) is 57.2 Å². The van der Waals surface area contributed by atoms with Crippen LogP contribution in [0.3, 0.4) is 0 Å². The predicted octanol–water partition coefficient (Wildman–Crippen LogP) is 21.8. The highest BCUT2D eigenvalue weighted by atomic mass is 19.1. The number of piperidine rings is 4. The van der Waals surface area contributed by atoms with Gasteiger partial charge in [-0.25, -0.2) is 17.6 Å². The van der Waals surface area contributed by atoms with E-state index in [0.29, 0.717) is 123 Å². The minimum atomic E-state index is -0.832. The van der Waals surface area contributed by atoms with Crippen molar-refractivity contribution >= 4 is 92.2 Å². The average molecular weight is 1980 g/mol. The standard InChI is InChI=1S/2C29H38FN3O4.C28H36FN3O4.C25H30FN3O4/c1-18(2)14-21-17-32(27-15-24(36-5)10-11-25(27)30)13-12-28(21)37-23-8-6-22(7-9-23)33-26(16-29(34)35)19(3)20(4)31-33;1-6-36-23-11-12-25(30)27(15-23)32-14-13-28(24(17-32)18(2)3)37-22-9-7-21(8-10-22)33-26(16-29(34)35)19(4)20(5)31-33;1-5-20-17-31(26-15-23(35-6-2)11-12-24(26)29)14-13-27(20)36-22-9-7-21(8-10-22)32-25(16-28(33)34)18(3)19(4)30-32;1-16-17(2)27-29(23(16)15-25(30)31)18-4-6-19(7-5-18)33-20-10-12-28(13-11-20)24-14-21(32-3)8-9-22(24)26/h6-11,15,18-19,21,26,28H,12-14,16-17H2,1-5H3,(H,34,35);7-12,15,18-19,24,26,28H,6,13-14,16-17H2,1-5H3,(H,34,35);7-12,15,18,20,25,27H,5-6,13-14,16-17H2,1-4H3,(H,33,34);4-9,14,16,20,23H,10-13,15H2,1-3H3,(H,30,31). The van der Waals surface area contributed by atoms with Gasteiger partial charge in [-0.1, -0.05) is 62.3 Å². The van der Waals surface area contributed by atoms with Crippen LogP contribution in [0.2, 0.25) is 0 Å². The Morgan fingerprint density at radius 2 is 0.629 bits per heavy atom. The van der Waals surface area contributed by atoms with Crippen LogP contribution < -0.4 is 77.5 Å². The first-order valence-corrected chi connectivity index (χ1v) is 50.3. The molecular formula is C111H142F4N12O16. The molecule has 0 spiro atoms. The molecule has 8 aromatic carbocycles. The van der Waals surface area contributed by atoms with Gasteiger partial charge < -0.3 is 77.9 Å². The number of aliphatic carboxylic acids is 4. The fraction of sp³-hybridized carbons (Fsp3) is 0.495. The lowest BCUT2D eigenvalue weighted by molar-refractivity contribution is -0.138. The van der Waals surface area contributed by atoms with Crippen LogP contribution in [0.4, 0.5) is 63.1 Å². The van der Waals surface area contributed by atoms with Crippen molar-refractivity contribution in [2.75, 3.05) is 119 Å². The molecule has 0 saturated carbocycles. The summed E-state index contributed by atoms with van der Waals surface area (Å²) < 4.78 is 105. The number of hydrazone groups is 4. The number of carboxylic acid groups (broad SMARTS) is 4. The molecule has 4 N–H and O–H groups in total. The van der Waals surface area contributed by atoms with E-state index >= 15 is 0 Å². The molecule has 4 saturated heterocycles. The molecule has 16 rings (SSSR count). The Labute approximate surface area is 838 Å². The summed E-state index contributed by atoms with van der Waals surface area (Å²) in [5.74, 6) is 3.26. The third kappa shape index (κ3) is 27.2. The van der Waals surface area contributed by atoms with E-state index in [2.05, 4.69) is 69.7 Å². The largest absolute Gasteiger partial charge is 0.497 e. The summed E-state index contributed by atoms with van der Waals surface area (Å²) in [6, 6.07) is 49.5. The quantitative estimate of drug-likeness (QED) is 0.0272. The molecule has 4 fully saturated rings. The number of methoxy groups -OCH3 is 2. The molecule has 143 heavy (non-hydrogen) atoms. The Hall–Kier alpha value is -13.2. The van der Waals surface area contributed by atoms with Crippen molar-refractivity contribution in [3.63, 3.8) is 0 Å². The lowest BCUT2D eigenvalue weighted by atomic mass is 9.85. The van der Waals surface area contributed by atoms with Crippen molar-refractivity contribution in [2.45, 2.75) is 223 Å². The molecule has 28 nitrogen and oxygen atoms in total. The van der Waals surface area contributed by atoms with Gasteiger partial charge >= 0.3 is 23.9 Å². The molecule has 14 unspecified atom stereocenters. The van der Waals surface area contributed by atoms with Crippen LogP contribution in [-0.2, 0) is 19.2 Å². The van der Waals surface area contributed by atoms with Gasteiger partial charge in [0.2, 0.25) is 0 Å². The molecular weight excluding hydrogens is 1830 g/mol. The molecule has 0 amide bonds. The number of hydrogen-bond acceptors (Lipinski definition) is 24. The summed E-state index contributed by atoms with van der Waals surface area (Å²) in [6.45, 7) is 37.2. The second-order valence-electron chi connectivity index (χ2n) is 39.3. The molecule has 0 bridgehead atoms. The van der Waals surface area contributed by atoms with E-state index in [-0.39, 0.29) is 139 Å². The molecule has 0 radical (unpaired) electrons. The van der Waals surface area contributed by atoms with E-state index in [1.54, 1.807) is 67.8 Å². The molecule has 8 aromatic rings. The van der Waals surface area contributed by atoms with Gasteiger partial charge in [0, 0.05) is 173 Å². The van der Waals surface area contributed by atoms with Crippen LogP contribution in [0, 0.1) is 76.5 Å². The second-order valence-corrected chi connectivity index (χ2v) is 39.3. The zero-order valence-corrected chi connectivity index (χ0v) is 85.4. The highest BCUT2D eigenvalue weighted by Gasteiger charge is 2.42. The smallest absolute Gasteiger partial charge is 0.305 e. The van der Waals surface area contributed by atoms with E-state index < -0.39 is 23.9 Å². The average Bonchev–Trinajstić information content (AvgIpc) is 1.78. The Bertz CT molecular complexity index is 5730. The van der Waals surface area contributed by atoms with E-state index in [1.807, 2.05) is 186 Å². The van der Waals surface area contributed by atoms with Gasteiger partial charge in [0.1, 0.15) is 93.7 Å². The number of benzene rings is 8. The maximum absolute atomic E-state index is 14.7. The van der Waals surface area contributed by atoms with Gasteiger partial charge in [0.15, 0.2) is 0 Å². The summed E-state index contributed by atoms with van der Waals surface area (Å²) >= 11 is 0. The first-order chi connectivity index (χ1) is 68.5. The summed E-state index contributed by atoms with van der Waals surface area (Å²) in [6.07, 6.45) is 6.03.